The van der Waals surface area contributed by atoms with Gasteiger partial charge in [-0.2, -0.15) is 0 Å². The fourth-order valence-corrected chi connectivity index (χ4v) is 4.91. The van der Waals surface area contributed by atoms with E-state index in [0.29, 0.717) is 12.3 Å². The Hall–Kier alpha value is -1.69. The number of rotatable bonds is 8. The Morgan fingerprint density at radius 1 is 1.00 bits per heavy atom. The zero-order valence-corrected chi connectivity index (χ0v) is 18.7. The number of hydrogen-bond donors (Lipinski definition) is 0. The van der Waals surface area contributed by atoms with E-state index in [1.54, 1.807) is 11.3 Å². The molecule has 1 amide bonds. The number of aromatic nitrogens is 2. The molecular weight excluding hydrogens is 368 g/mol. The van der Waals surface area contributed by atoms with Gasteiger partial charge in [0.15, 0.2) is 0 Å². The number of thiophene rings is 1. The number of hydrogen-bond acceptors (Lipinski definition) is 5. The van der Waals surface area contributed by atoms with E-state index >= 15 is 0 Å². The summed E-state index contributed by atoms with van der Waals surface area (Å²) in [6, 6.07) is 0. The van der Waals surface area contributed by atoms with E-state index in [-0.39, 0.29) is 0 Å². The van der Waals surface area contributed by atoms with Crippen LogP contribution in [0.3, 0.4) is 0 Å². The van der Waals surface area contributed by atoms with Crippen LogP contribution in [0.15, 0.2) is 0 Å². The lowest BCUT2D eigenvalue weighted by Crippen LogP contribution is -2.49. The molecule has 154 valence electrons. The third kappa shape index (κ3) is 4.65. The predicted octanol–water partition coefficient (Wildman–Crippen LogP) is 4.88. The van der Waals surface area contributed by atoms with Crippen molar-refractivity contribution in [1.29, 1.82) is 0 Å². The number of unbranched alkanes of at least 4 members (excludes halogenated alkanes) is 4. The van der Waals surface area contributed by atoms with E-state index in [0.717, 1.165) is 55.5 Å². The second kappa shape index (κ2) is 9.68. The number of anilines is 1. The molecule has 1 aliphatic rings. The van der Waals surface area contributed by atoms with Crippen LogP contribution in [-0.4, -0.2) is 47.0 Å². The Morgan fingerprint density at radius 2 is 1.71 bits per heavy atom. The van der Waals surface area contributed by atoms with E-state index in [2.05, 4.69) is 32.6 Å². The lowest BCUT2D eigenvalue weighted by molar-refractivity contribution is -0.131. The maximum atomic E-state index is 12.5. The summed E-state index contributed by atoms with van der Waals surface area (Å²) in [6.07, 6.45) is 7.52. The fraction of sp³-hybridized carbons (Fsp3) is 0.682. The van der Waals surface area contributed by atoms with Crippen molar-refractivity contribution >= 4 is 33.3 Å². The highest BCUT2D eigenvalue weighted by Crippen LogP contribution is 2.35. The first kappa shape index (κ1) is 21.0. The van der Waals surface area contributed by atoms with Gasteiger partial charge in [-0.15, -0.1) is 11.3 Å². The molecule has 6 heteroatoms. The third-order valence-corrected chi connectivity index (χ3v) is 6.90. The first-order chi connectivity index (χ1) is 13.5. The topological polar surface area (TPSA) is 49.3 Å². The van der Waals surface area contributed by atoms with Crippen LogP contribution in [0.2, 0.25) is 0 Å². The van der Waals surface area contributed by atoms with Gasteiger partial charge in [0.1, 0.15) is 16.5 Å². The summed E-state index contributed by atoms with van der Waals surface area (Å²) in [5.74, 6) is 2.30. The number of nitrogens with zero attached hydrogens (tertiary/aromatic N) is 4. The minimum atomic E-state index is 0.320. The maximum Gasteiger partial charge on any atom is 0.222 e. The van der Waals surface area contributed by atoms with Gasteiger partial charge in [-0.05, 0) is 25.8 Å². The zero-order chi connectivity index (χ0) is 20.1. The molecule has 2 aromatic heterocycles. The van der Waals surface area contributed by atoms with Crippen molar-refractivity contribution in [3.8, 4) is 0 Å². The minimum Gasteiger partial charge on any atom is -0.352 e. The summed E-state index contributed by atoms with van der Waals surface area (Å²) in [5.41, 5.74) is 1.29. The van der Waals surface area contributed by atoms with Crippen molar-refractivity contribution in [3.63, 3.8) is 0 Å². The second-order valence-corrected chi connectivity index (χ2v) is 9.02. The molecule has 3 heterocycles. The first-order valence-corrected chi connectivity index (χ1v) is 11.7. The van der Waals surface area contributed by atoms with Crippen LogP contribution in [-0.2, 0) is 11.2 Å². The van der Waals surface area contributed by atoms with Crippen molar-refractivity contribution in [2.75, 3.05) is 31.1 Å². The highest BCUT2D eigenvalue weighted by Gasteiger charge is 2.25. The standard InChI is InChI=1S/C22H34N4OS/c1-5-7-8-9-10-11-19(27)25-12-14-26(15-13-25)21-20-16(3)17(4)28-22(20)24-18(6-2)23-21/h5-15H2,1-4H3. The molecule has 0 aromatic carbocycles. The SMILES string of the molecule is CCCCCCCC(=O)N1CCN(c2nc(CC)nc3sc(C)c(C)c23)CC1. The quantitative estimate of drug-likeness (QED) is 0.591. The Morgan fingerprint density at radius 3 is 2.39 bits per heavy atom. The van der Waals surface area contributed by atoms with E-state index in [1.807, 2.05) is 4.90 Å². The third-order valence-electron chi connectivity index (χ3n) is 5.80. The highest BCUT2D eigenvalue weighted by atomic mass is 32.1. The highest BCUT2D eigenvalue weighted by molar-refractivity contribution is 7.18. The predicted molar refractivity (Wildman–Crippen MR) is 118 cm³/mol. The largest absolute Gasteiger partial charge is 0.352 e. The molecule has 0 spiro atoms. The van der Waals surface area contributed by atoms with Gasteiger partial charge < -0.3 is 9.80 Å². The van der Waals surface area contributed by atoms with Crippen LogP contribution in [0.1, 0.15) is 68.6 Å². The number of amides is 1. The van der Waals surface area contributed by atoms with E-state index in [1.165, 1.54) is 41.5 Å². The van der Waals surface area contributed by atoms with Gasteiger partial charge in [0.2, 0.25) is 5.91 Å². The van der Waals surface area contributed by atoms with E-state index < -0.39 is 0 Å². The lowest BCUT2D eigenvalue weighted by atomic mass is 10.1. The number of piperazine rings is 1. The summed E-state index contributed by atoms with van der Waals surface area (Å²) in [6.45, 7) is 12.0. The number of fused-ring (bicyclic) bond motifs is 1. The lowest BCUT2D eigenvalue weighted by Gasteiger charge is -2.36. The van der Waals surface area contributed by atoms with Gasteiger partial charge in [0, 0.05) is 43.9 Å². The summed E-state index contributed by atoms with van der Waals surface area (Å²) in [7, 11) is 0. The average Bonchev–Trinajstić information content (AvgIpc) is 3.00. The zero-order valence-electron chi connectivity index (χ0n) is 17.9. The van der Waals surface area contributed by atoms with E-state index in [9.17, 15) is 4.79 Å². The van der Waals surface area contributed by atoms with Crippen LogP contribution in [0.4, 0.5) is 5.82 Å². The Balaban J connectivity index is 1.64. The minimum absolute atomic E-state index is 0.320. The molecule has 3 rings (SSSR count). The van der Waals surface area contributed by atoms with Crippen molar-refractivity contribution in [2.45, 2.75) is 72.6 Å². The Kier molecular flexibility index (Phi) is 7.27. The molecule has 0 aliphatic carbocycles. The van der Waals surface area contributed by atoms with Crippen LogP contribution in [0.25, 0.3) is 10.2 Å². The van der Waals surface area contributed by atoms with Crippen LogP contribution >= 0.6 is 11.3 Å². The molecule has 1 fully saturated rings. The number of carbonyl (C=O) groups is 1. The molecule has 1 saturated heterocycles. The average molecular weight is 403 g/mol. The van der Waals surface area contributed by atoms with Crippen molar-refractivity contribution in [3.05, 3.63) is 16.3 Å². The molecule has 28 heavy (non-hydrogen) atoms. The fourth-order valence-electron chi connectivity index (χ4n) is 3.86. The Bertz CT molecular complexity index is 808. The molecule has 0 radical (unpaired) electrons. The van der Waals surface area contributed by atoms with E-state index in [4.69, 9.17) is 9.97 Å². The van der Waals surface area contributed by atoms with Crippen LogP contribution in [0.5, 0.6) is 0 Å². The number of carbonyl (C=O) groups excluding carboxylic acids is 1. The number of aryl methyl sites for hydroxylation is 3. The monoisotopic (exact) mass is 402 g/mol. The van der Waals surface area contributed by atoms with Crippen molar-refractivity contribution in [1.82, 2.24) is 14.9 Å². The van der Waals surface area contributed by atoms with Gasteiger partial charge in [0.05, 0.1) is 5.39 Å². The van der Waals surface area contributed by atoms with Crippen LogP contribution in [0, 0.1) is 13.8 Å². The molecular formula is C22H34N4OS. The van der Waals surface area contributed by atoms with Crippen molar-refractivity contribution < 1.29 is 4.79 Å². The van der Waals surface area contributed by atoms with Gasteiger partial charge in [-0.1, -0.05) is 39.5 Å². The maximum absolute atomic E-state index is 12.5. The summed E-state index contributed by atoms with van der Waals surface area (Å²) >= 11 is 1.76. The molecule has 0 unspecified atom stereocenters. The smallest absolute Gasteiger partial charge is 0.222 e. The van der Waals surface area contributed by atoms with Gasteiger partial charge >= 0.3 is 0 Å². The second-order valence-electron chi connectivity index (χ2n) is 7.81. The van der Waals surface area contributed by atoms with Crippen molar-refractivity contribution in [2.24, 2.45) is 0 Å². The van der Waals surface area contributed by atoms with Gasteiger partial charge in [0.25, 0.3) is 0 Å². The summed E-state index contributed by atoms with van der Waals surface area (Å²) < 4.78 is 0. The first-order valence-electron chi connectivity index (χ1n) is 10.8. The normalized spacial score (nSPS) is 14.9. The molecule has 2 aromatic rings. The molecule has 0 bridgehead atoms. The van der Waals surface area contributed by atoms with Gasteiger partial charge in [-0.3, -0.25) is 4.79 Å². The molecule has 5 nitrogen and oxygen atoms in total. The molecule has 0 atom stereocenters. The molecule has 0 saturated carbocycles. The Labute approximate surface area is 173 Å². The summed E-state index contributed by atoms with van der Waals surface area (Å²) in [4.78, 5) is 29.0. The molecule has 1 aliphatic heterocycles. The summed E-state index contributed by atoms with van der Waals surface area (Å²) in [5, 5.41) is 1.20. The molecule has 0 N–H and O–H groups in total. The van der Waals surface area contributed by atoms with Crippen LogP contribution < -0.4 is 4.90 Å². The van der Waals surface area contributed by atoms with Gasteiger partial charge in [-0.25, -0.2) is 9.97 Å².